The van der Waals surface area contributed by atoms with Crippen LogP contribution in [0.2, 0.25) is 0 Å². The molecule has 4 nitrogen and oxygen atoms in total. The van der Waals surface area contributed by atoms with Gasteiger partial charge in [-0.1, -0.05) is 18.2 Å². The fourth-order valence-corrected chi connectivity index (χ4v) is 3.28. The van der Waals surface area contributed by atoms with Crippen molar-refractivity contribution in [2.75, 3.05) is 0 Å². The molecule has 1 amide bonds. The summed E-state index contributed by atoms with van der Waals surface area (Å²) in [5.74, 6) is -0.783. The number of carbonyl (C=O) groups is 1. The number of fused-ring (bicyclic) bond motifs is 1. The van der Waals surface area contributed by atoms with Crippen molar-refractivity contribution in [2.24, 2.45) is 0 Å². The lowest BCUT2D eigenvalue weighted by atomic mass is 9.90. The summed E-state index contributed by atoms with van der Waals surface area (Å²) in [4.78, 5) is 12.1. The van der Waals surface area contributed by atoms with Gasteiger partial charge in [-0.25, -0.2) is 4.39 Å². The van der Waals surface area contributed by atoms with E-state index in [2.05, 4.69) is 11.4 Å². The normalized spacial score (nSPS) is 12.0. The number of halogens is 1. The molecule has 4 rings (SSSR count). The maximum absolute atomic E-state index is 14.2. The van der Waals surface area contributed by atoms with Crippen molar-refractivity contribution in [3.8, 4) is 34.4 Å². The predicted octanol–water partition coefficient (Wildman–Crippen LogP) is 4.15. The summed E-state index contributed by atoms with van der Waals surface area (Å²) in [7, 11) is 0. The number of nitriles is 2. The molecule has 1 heterocycles. The first-order chi connectivity index (χ1) is 13.1. The Morgan fingerprint density at radius 1 is 0.889 bits per heavy atom. The van der Waals surface area contributed by atoms with Gasteiger partial charge >= 0.3 is 0 Å². The molecule has 128 valence electrons. The van der Waals surface area contributed by atoms with Crippen LogP contribution in [0, 0.1) is 28.5 Å². The number of rotatable bonds is 2. The van der Waals surface area contributed by atoms with Crippen LogP contribution in [0.3, 0.4) is 0 Å². The summed E-state index contributed by atoms with van der Waals surface area (Å²) in [6.45, 7) is 0.432. The number of nitrogens with zero attached hydrogens (tertiary/aromatic N) is 2. The van der Waals surface area contributed by atoms with Gasteiger partial charge in [0, 0.05) is 12.1 Å². The Kier molecular flexibility index (Phi) is 3.91. The van der Waals surface area contributed by atoms with Crippen LogP contribution in [0.1, 0.15) is 27.0 Å². The Hall–Kier alpha value is -3.96. The summed E-state index contributed by atoms with van der Waals surface area (Å²) in [6.07, 6.45) is 0. The second-order valence-corrected chi connectivity index (χ2v) is 6.24. The summed E-state index contributed by atoms with van der Waals surface area (Å²) >= 11 is 0. The summed E-state index contributed by atoms with van der Waals surface area (Å²) in [5.41, 5.74) is 4.72. The smallest absolute Gasteiger partial charge is 0.251 e. The summed E-state index contributed by atoms with van der Waals surface area (Å²) in [5, 5.41) is 20.9. The van der Waals surface area contributed by atoms with Crippen LogP contribution in [0.15, 0.2) is 54.6 Å². The molecule has 1 aliphatic rings. The van der Waals surface area contributed by atoms with E-state index in [0.29, 0.717) is 28.8 Å². The van der Waals surface area contributed by atoms with Crippen LogP contribution in [0.25, 0.3) is 22.3 Å². The molecular formula is C22H12FN3O. The molecule has 0 spiro atoms. The van der Waals surface area contributed by atoms with Crippen molar-refractivity contribution < 1.29 is 9.18 Å². The minimum absolute atomic E-state index is 0.0364. The fraction of sp³-hybridized carbons (Fsp3) is 0.0455. The molecule has 5 heteroatoms. The lowest BCUT2D eigenvalue weighted by Gasteiger charge is -2.13. The number of benzene rings is 3. The average Bonchev–Trinajstić information content (AvgIpc) is 3.07. The van der Waals surface area contributed by atoms with Gasteiger partial charge in [-0.3, -0.25) is 4.79 Å². The number of carbonyl (C=O) groups excluding carboxylic acids is 1. The van der Waals surface area contributed by atoms with Gasteiger partial charge in [0.1, 0.15) is 11.9 Å². The quantitative estimate of drug-likeness (QED) is 0.752. The van der Waals surface area contributed by atoms with E-state index in [4.69, 9.17) is 5.26 Å². The van der Waals surface area contributed by atoms with E-state index in [9.17, 15) is 14.4 Å². The second kappa shape index (κ2) is 6.40. The predicted molar refractivity (Wildman–Crippen MR) is 97.9 cm³/mol. The number of hydrogen-bond donors (Lipinski definition) is 1. The molecule has 0 aromatic heterocycles. The molecule has 0 saturated heterocycles. The van der Waals surface area contributed by atoms with Gasteiger partial charge in [-0.15, -0.1) is 0 Å². The number of nitrogens with one attached hydrogen (secondary N) is 1. The van der Waals surface area contributed by atoms with Crippen LogP contribution in [-0.2, 0) is 6.54 Å². The van der Waals surface area contributed by atoms with Gasteiger partial charge in [0.25, 0.3) is 5.91 Å². The Balaban J connectivity index is 1.98. The van der Waals surface area contributed by atoms with E-state index < -0.39 is 5.82 Å². The van der Waals surface area contributed by atoms with Crippen molar-refractivity contribution in [3.05, 3.63) is 82.7 Å². The second-order valence-electron chi connectivity index (χ2n) is 6.24. The Morgan fingerprint density at radius 3 is 2.41 bits per heavy atom. The lowest BCUT2D eigenvalue weighted by Crippen LogP contribution is -2.12. The van der Waals surface area contributed by atoms with Crippen LogP contribution in [0.4, 0.5) is 4.39 Å². The van der Waals surface area contributed by atoms with Crippen LogP contribution >= 0.6 is 0 Å². The largest absolute Gasteiger partial charge is 0.348 e. The van der Waals surface area contributed by atoms with E-state index in [-0.39, 0.29) is 11.5 Å². The maximum atomic E-state index is 14.2. The van der Waals surface area contributed by atoms with Gasteiger partial charge in [0.2, 0.25) is 0 Å². The van der Waals surface area contributed by atoms with Crippen molar-refractivity contribution >= 4 is 5.91 Å². The van der Waals surface area contributed by atoms with E-state index in [1.54, 1.807) is 30.3 Å². The van der Waals surface area contributed by atoms with Gasteiger partial charge < -0.3 is 5.32 Å². The van der Waals surface area contributed by atoms with Gasteiger partial charge in [0.15, 0.2) is 0 Å². The third-order valence-corrected chi connectivity index (χ3v) is 4.63. The van der Waals surface area contributed by atoms with E-state index in [0.717, 1.165) is 16.7 Å². The molecule has 0 fully saturated rings. The van der Waals surface area contributed by atoms with Crippen LogP contribution in [-0.4, -0.2) is 5.91 Å². The minimum Gasteiger partial charge on any atom is -0.348 e. The standard InChI is InChI=1S/C22H12FN3O/c23-21-8-15(4-5-16(21)11-25)19-9-20-17(12-26-22(20)27)7-18(19)14-3-1-2-13(6-14)10-24/h1-9H,12H2,(H,26,27). The zero-order chi connectivity index (χ0) is 19.0. The first-order valence-corrected chi connectivity index (χ1v) is 8.26. The summed E-state index contributed by atoms with van der Waals surface area (Å²) < 4.78 is 14.2. The Bertz CT molecular complexity index is 1190. The Morgan fingerprint density at radius 2 is 1.67 bits per heavy atom. The molecule has 3 aromatic carbocycles. The Labute approximate surface area is 155 Å². The molecule has 1 aliphatic heterocycles. The first-order valence-electron chi connectivity index (χ1n) is 8.26. The molecule has 0 unspecified atom stereocenters. The van der Waals surface area contributed by atoms with E-state index >= 15 is 0 Å². The SMILES string of the molecule is N#Cc1cccc(-c2cc3c(cc2-c2ccc(C#N)c(F)c2)C(=O)NC3)c1. The van der Waals surface area contributed by atoms with Gasteiger partial charge in [-0.05, 0) is 64.2 Å². The van der Waals surface area contributed by atoms with Crippen molar-refractivity contribution in [1.29, 1.82) is 10.5 Å². The van der Waals surface area contributed by atoms with Crippen molar-refractivity contribution in [3.63, 3.8) is 0 Å². The molecule has 27 heavy (non-hydrogen) atoms. The average molecular weight is 353 g/mol. The molecular weight excluding hydrogens is 341 g/mol. The van der Waals surface area contributed by atoms with Gasteiger partial charge in [-0.2, -0.15) is 10.5 Å². The molecule has 0 bridgehead atoms. The van der Waals surface area contributed by atoms with Crippen molar-refractivity contribution in [2.45, 2.75) is 6.54 Å². The molecule has 0 atom stereocenters. The molecule has 1 N–H and O–H groups in total. The highest BCUT2D eigenvalue weighted by Crippen LogP contribution is 2.36. The monoisotopic (exact) mass is 353 g/mol. The number of amides is 1. The van der Waals surface area contributed by atoms with Crippen LogP contribution in [0.5, 0.6) is 0 Å². The minimum atomic E-state index is -0.614. The number of hydrogen-bond acceptors (Lipinski definition) is 3. The topological polar surface area (TPSA) is 76.7 Å². The zero-order valence-electron chi connectivity index (χ0n) is 14.1. The first kappa shape index (κ1) is 16.5. The molecule has 3 aromatic rings. The van der Waals surface area contributed by atoms with Crippen molar-refractivity contribution in [1.82, 2.24) is 5.32 Å². The molecule has 0 radical (unpaired) electrons. The molecule has 0 saturated carbocycles. The lowest BCUT2D eigenvalue weighted by molar-refractivity contribution is 0.0966. The van der Waals surface area contributed by atoms with E-state index in [1.165, 1.54) is 12.1 Å². The zero-order valence-corrected chi connectivity index (χ0v) is 14.1. The maximum Gasteiger partial charge on any atom is 0.251 e. The van der Waals surface area contributed by atoms with Crippen LogP contribution < -0.4 is 5.32 Å². The highest BCUT2D eigenvalue weighted by Gasteiger charge is 2.22. The molecule has 0 aliphatic carbocycles. The van der Waals surface area contributed by atoms with E-state index in [1.807, 2.05) is 18.2 Å². The fourth-order valence-electron chi connectivity index (χ4n) is 3.28. The summed E-state index contributed by atoms with van der Waals surface area (Å²) in [6, 6.07) is 19.1. The highest BCUT2D eigenvalue weighted by atomic mass is 19.1. The third-order valence-electron chi connectivity index (χ3n) is 4.63. The van der Waals surface area contributed by atoms with Gasteiger partial charge in [0.05, 0.1) is 17.2 Å². The highest BCUT2D eigenvalue weighted by molar-refractivity contribution is 6.01. The third kappa shape index (κ3) is 2.82.